The van der Waals surface area contributed by atoms with Crippen LogP contribution in [0.5, 0.6) is 5.75 Å². The normalized spacial score (nSPS) is 12.5. The first-order chi connectivity index (χ1) is 9.63. The Morgan fingerprint density at radius 2 is 1.90 bits per heavy atom. The highest BCUT2D eigenvalue weighted by Gasteiger charge is 2.31. The van der Waals surface area contributed by atoms with Gasteiger partial charge in [-0.15, -0.1) is 13.2 Å². The minimum absolute atomic E-state index is 0.249. The van der Waals surface area contributed by atoms with Gasteiger partial charge < -0.3 is 14.8 Å². The lowest BCUT2D eigenvalue weighted by atomic mass is 10.1. The Kier molecular flexibility index (Phi) is 6.49. The molecule has 0 aliphatic heterocycles. The topological polar surface area (TPSA) is 30.5 Å². The van der Waals surface area contributed by atoms with Gasteiger partial charge in [0.1, 0.15) is 5.75 Å². The molecule has 1 rings (SSSR count). The van der Waals surface area contributed by atoms with Crippen LogP contribution >= 0.6 is 15.9 Å². The molecule has 0 radical (unpaired) electrons. The Balaban J connectivity index is 2.56. The average molecular weight is 370 g/mol. The summed E-state index contributed by atoms with van der Waals surface area (Å²) in [5.74, 6) is -0.249. The molecule has 1 N–H and O–H groups in total. The summed E-state index contributed by atoms with van der Waals surface area (Å²) >= 11 is 3.08. The van der Waals surface area contributed by atoms with E-state index < -0.39 is 6.36 Å². The summed E-state index contributed by atoms with van der Waals surface area (Å²) in [6.07, 6.45) is -4.69. The van der Waals surface area contributed by atoms with E-state index in [9.17, 15) is 13.2 Å². The van der Waals surface area contributed by atoms with Gasteiger partial charge in [0.2, 0.25) is 0 Å². The maximum Gasteiger partial charge on any atom is 0.573 e. The molecule has 0 fully saturated rings. The van der Waals surface area contributed by atoms with Gasteiger partial charge >= 0.3 is 6.36 Å². The van der Waals surface area contributed by atoms with Crippen molar-refractivity contribution in [2.45, 2.75) is 39.3 Å². The zero-order valence-corrected chi connectivity index (χ0v) is 13.8. The zero-order chi connectivity index (χ0) is 16.1. The number of benzene rings is 1. The molecule has 0 bridgehead atoms. The van der Waals surface area contributed by atoms with E-state index in [0.29, 0.717) is 19.7 Å². The van der Waals surface area contributed by atoms with Gasteiger partial charge in [0.05, 0.1) is 10.1 Å². The third-order valence-electron chi connectivity index (χ3n) is 2.64. The van der Waals surface area contributed by atoms with Crippen LogP contribution < -0.4 is 10.1 Å². The molecule has 0 aromatic heterocycles. The fourth-order valence-corrected chi connectivity index (χ4v) is 2.32. The lowest BCUT2D eigenvalue weighted by Gasteiger charge is -2.25. The molecule has 0 aliphatic rings. The summed E-state index contributed by atoms with van der Waals surface area (Å²) in [4.78, 5) is 0. The van der Waals surface area contributed by atoms with Crippen molar-refractivity contribution in [3.8, 4) is 5.75 Å². The summed E-state index contributed by atoms with van der Waals surface area (Å²) in [6, 6.07) is 4.48. The maximum absolute atomic E-state index is 12.2. The van der Waals surface area contributed by atoms with Crippen LogP contribution in [-0.4, -0.2) is 25.1 Å². The first-order valence-corrected chi connectivity index (χ1v) is 7.31. The maximum atomic E-state index is 12.2. The molecule has 1 aromatic rings. The molecule has 1 aromatic carbocycles. The van der Waals surface area contributed by atoms with Crippen molar-refractivity contribution in [3.63, 3.8) is 0 Å². The number of ether oxygens (including phenoxy) is 2. The van der Waals surface area contributed by atoms with E-state index in [2.05, 4.69) is 26.0 Å². The van der Waals surface area contributed by atoms with Gasteiger partial charge in [-0.25, -0.2) is 0 Å². The van der Waals surface area contributed by atoms with Crippen LogP contribution in [0.2, 0.25) is 0 Å². The van der Waals surface area contributed by atoms with Gasteiger partial charge in [-0.05, 0) is 54.4 Å². The highest BCUT2D eigenvalue weighted by molar-refractivity contribution is 9.10. The Bertz CT molecular complexity index is 464. The molecule has 0 saturated heterocycles. The highest BCUT2D eigenvalue weighted by Crippen LogP contribution is 2.31. The van der Waals surface area contributed by atoms with Crippen molar-refractivity contribution in [2.75, 3.05) is 13.2 Å². The summed E-state index contributed by atoms with van der Waals surface area (Å²) in [5, 5.41) is 3.21. The molecule has 120 valence electrons. The number of rotatable bonds is 7. The minimum atomic E-state index is -4.69. The summed E-state index contributed by atoms with van der Waals surface area (Å²) in [5.41, 5.74) is 0.564. The van der Waals surface area contributed by atoms with Crippen LogP contribution in [0.1, 0.15) is 26.3 Å². The molecule has 0 unspecified atom stereocenters. The lowest BCUT2D eigenvalue weighted by molar-refractivity contribution is -0.274. The molecule has 21 heavy (non-hydrogen) atoms. The molecule has 0 atom stereocenters. The van der Waals surface area contributed by atoms with Crippen LogP contribution in [0, 0.1) is 0 Å². The zero-order valence-electron chi connectivity index (χ0n) is 12.2. The van der Waals surface area contributed by atoms with Crippen molar-refractivity contribution in [1.29, 1.82) is 0 Å². The van der Waals surface area contributed by atoms with Gasteiger partial charge in [0, 0.05) is 19.7 Å². The van der Waals surface area contributed by atoms with Gasteiger partial charge in [0.15, 0.2) is 0 Å². The quantitative estimate of drug-likeness (QED) is 0.779. The van der Waals surface area contributed by atoms with E-state index in [-0.39, 0.29) is 15.8 Å². The molecular formula is C14H19BrF3NO2. The van der Waals surface area contributed by atoms with E-state index in [0.717, 1.165) is 5.56 Å². The van der Waals surface area contributed by atoms with E-state index in [4.69, 9.17) is 4.74 Å². The smallest absolute Gasteiger partial charge is 0.405 e. The van der Waals surface area contributed by atoms with Crippen LogP contribution in [0.15, 0.2) is 22.7 Å². The molecule has 0 amide bonds. The standard InChI is InChI=1S/C14H19BrF3NO2/c1-4-20-13(2,3)9-19-8-10-5-6-12(11(15)7-10)21-14(16,17)18/h5-7,19H,4,8-9H2,1-3H3. The summed E-state index contributed by atoms with van der Waals surface area (Å²) in [7, 11) is 0. The second-order valence-corrected chi connectivity index (χ2v) is 5.96. The minimum Gasteiger partial charge on any atom is -0.405 e. The van der Waals surface area contributed by atoms with Gasteiger partial charge in [-0.3, -0.25) is 0 Å². The van der Waals surface area contributed by atoms with E-state index >= 15 is 0 Å². The van der Waals surface area contributed by atoms with Crippen molar-refractivity contribution in [1.82, 2.24) is 5.32 Å². The van der Waals surface area contributed by atoms with Crippen LogP contribution in [0.4, 0.5) is 13.2 Å². The van der Waals surface area contributed by atoms with E-state index in [1.54, 1.807) is 12.1 Å². The molecule has 3 nitrogen and oxygen atoms in total. The first kappa shape index (κ1) is 18.3. The van der Waals surface area contributed by atoms with E-state index in [1.165, 1.54) is 6.07 Å². The predicted octanol–water partition coefficient (Wildman–Crippen LogP) is 4.25. The van der Waals surface area contributed by atoms with Crippen LogP contribution in [0.25, 0.3) is 0 Å². The number of hydrogen-bond acceptors (Lipinski definition) is 3. The molecular weight excluding hydrogens is 351 g/mol. The van der Waals surface area contributed by atoms with Crippen molar-refractivity contribution in [2.24, 2.45) is 0 Å². The van der Waals surface area contributed by atoms with Crippen LogP contribution in [0.3, 0.4) is 0 Å². The Hall–Kier alpha value is -0.790. The SMILES string of the molecule is CCOC(C)(C)CNCc1ccc(OC(F)(F)F)c(Br)c1. The molecule has 0 saturated carbocycles. The third-order valence-corrected chi connectivity index (χ3v) is 3.26. The number of halogens is 4. The van der Waals surface area contributed by atoms with Gasteiger partial charge in [-0.1, -0.05) is 6.07 Å². The summed E-state index contributed by atoms with van der Waals surface area (Å²) in [6.45, 7) is 7.67. The second kappa shape index (κ2) is 7.47. The molecule has 0 spiro atoms. The lowest BCUT2D eigenvalue weighted by Crippen LogP contribution is -2.37. The van der Waals surface area contributed by atoms with Gasteiger partial charge in [0.25, 0.3) is 0 Å². The highest BCUT2D eigenvalue weighted by atomic mass is 79.9. The summed E-state index contributed by atoms with van der Waals surface area (Å²) < 4.78 is 46.2. The second-order valence-electron chi connectivity index (χ2n) is 5.11. The number of nitrogens with one attached hydrogen (secondary N) is 1. The Morgan fingerprint density at radius 1 is 1.24 bits per heavy atom. The molecule has 7 heteroatoms. The van der Waals surface area contributed by atoms with Gasteiger partial charge in [-0.2, -0.15) is 0 Å². The fraction of sp³-hybridized carbons (Fsp3) is 0.571. The van der Waals surface area contributed by atoms with Crippen LogP contribution in [-0.2, 0) is 11.3 Å². The van der Waals surface area contributed by atoms with Crippen molar-refractivity contribution in [3.05, 3.63) is 28.2 Å². The number of hydrogen-bond donors (Lipinski definition) is 1. The van der Waals surface area contributed by atoms with Crippen molar-refractivity contribution >= 4 is 15.9 Å². The third kappa shape index (κ3) is 7.15. The Morgan fingerprint density at radius 3 is 2.43 bits per heavy atom. The first-order valence-electron chi connectivity index (χ1n) is 6.52. The largest absolute Gasteiger partial charge is 0.573 e. The van der Waals surface area contributed by atoms with E-state index in [1.807, 2.05) is 20.8 Å². The molecule has 0 heterocycles. The average Bonchev–Trinajstić information content (AvgIpc) is 2.30. The van der Waals surface area contributed by atoms with Crippen molar-refractivity contribution < 1.29 is 22.6 Å². The predicted molar refractivity (Wildman–Crippen MR) is 78.2 cm³/mol. The molecule has 0 aliphatic carbocycles. The monoisotopic (exact) mass is 369 g/mol. The number of alkyl halides is 3. The fourth-order valence-electron chi connectivity index (χ4n) is 1.81. The Labute approximate surface area is 130 Å².